The van der Waals surface area contributed by atoms with Crippen LogP contribution in [0.25, 0.3) is 10.9 Å². The van der Waals surface area contributed by atoms with Crippen LogP contribution >= 0.6 is 23.2 Å². The maximum absolute atomic E-state index is 6.12. The van der Waals surface area contributed by atoms with Gasteiger partial charge in [-0.15, -0.1) is 0 Å². The van der Waals surface area contributed by atoms with Crippen molar-refractivity contribution in [2.24, 2.45) is 5.73 Å². The third-order valence-corrected chi connectivity index (χ3v) is 3.43. The summed E-state index contributed by atoms with van der Waals surface area (Å²) in [4.78, 5) is 3.28. The standard InChI is InChI=1S/C11H12Cl2N2/c1-6-7-2-3-8(12)10(13)11(7)15-9(6)4-5-14/h2-3,15H,4-5,14H2,1H3. The van der Waals surface area contributed by atoms with Gasteiger partial charge < -0.3 is 10.7 Å². The van der Waals surface area contributed by atoms with Crippen LogP contribution in [0.1, 0.15) is 11.3 Å². The molecule has 0 radical (unpaired) electrons. The first-order valence-electron chi connectivity index (χ1n) is 4.80. The molecule has 0 aliphatic rings. The highest BCUT2D eigenvalue weighted by atomic mass is 35.5. The van der Waals surface area contributed by atoms with Crippen molar-refractivity contribution in [3.63, 3.8) is 0 Å². The second kappa shape index (κ2) is 4.05. The van der Waals surface area contributed by atoms with Gasteiger partial charge in [0.2, 0.25) is 0 Å². The minimum absolute atomic E-state index is 0.574. The van der Waals surface area contributed by atoms with Gasteiger partial charge in [-0.05, 0) is 25.1 Å². The molecule has 15 heavy (non-hydrogen) atoms. The Labute approximate surface area is 98.4 Å². The van der Waals surface area contributed by atoms with Gasteiger partial charge in [0.1, 0.15) is 0 Å². The largest absolute Gasteiger partial charge is 0.357 e. The number of hydrogen-bond donors (Lipinski definition) is 2. The van der Waals surface area contributed by atoms with Gasteiger partial charge in [0, 0.05) is 17.5 Å². The lowest BCUT2D eigenvalue weighted by molar-refractivity contribution is 0.930. The second-order valence-electron chi connectivity index (χ2n) is 3.55. The maximum Gasteiger partial charge on any atom is 0.0833 e. The summed E-state index contributed by atoms with van der Waals surface area (Å²) < 4.78 is 0. The highest BCUT2D eigenvalue weighted by Gasteiger charge is 2.11. The average Bonchev–Trinajstić information content (AvgIpc) is 2.52. The number of benzene rings is 1. The van der Waals surface area contributed by atoms with E-state index < -0.39 is 0 Å². The van der Waals surface area contributed by atoms with Gasteiger partial charge in [0.05, 0.1) is 15.6 Å². The molecule has 3 N–H and O–H groups in total. The number of rotatable bonds is 2. The smallest absolute Gasteiger partial charge is 0.0833 e. The number of aromatic amines is 1. The van der Waals surface area contributed by atoms with Crippen molar-refractivity contribution >= 4 is 34.1 Å². The average molecular weight is 243 g/mol. The van der Waals surface area contributed by atoms with E-state index >= 15 is 0 Å². The molecule has 80 valence electrons. The fourth-order valence-corrected chi connectivity index (χ4v) is 2.16. The topological polar surface area (TPSA) is 41.8 Å². The molecule has 0 saturated carbocycles. The summed E-state index contributed by atoms with van der Waals surface area (Å²) in [5.41, 5.74) is 8.79. The number of H-pyrrole nitrogens is 1. The van der Waals surface area contributed by atoms with E-state index in [0.717, 1.165) is 23.0 Å². The Morgan fingerprint density at radius 2 is 2.07 bits per heavy atom. The van der Waals surface area contributed by atoms with Gasteiger partial charge in [0.25, 0.3) is 0 Å². The third kappa shape index (κ3) is 1.73. The first-order chi connectivity index (χ1) is 7.15. The summed E-state index contributed by atoms with van der Waals surface area (Å²) in [7, 11) is 0. The Kier molecular flexibility index (Phi) is 2.91. The minimum Gasteiger partial charge on any atom is -0.357 e. The summed E-state index contributed by atoms with van der Waals surface area (Å²) in [6, 6.07) is 3.80. The molecular weight excluding hydrogens is 231 g/mol. The van der Waals surface area contributed by atoms with Crippen LogP contribution in [-0.2, 0) is 6.42 Å². The van der Waals surface area contributed by atoms with Gasteiger partial charge in [-0.1, -0.05) is 29.3 Å². The number of hydrogen-bond acceptors (Lipinski definition) is 1. The number of aryl methyl sites for hydroxylation is 1. The van der Waals surface area contributed by atoms with Crippen molar-refractivity contribution in [2.45, 2.75) is 13.3 Å². The number of fused-ring (bicyclic) bond motifs is 1. The Balaban J connectivity index is 2.70. The summed E-state index contributed by atoms with van der Waals surface area (Å²) in [6.45, 7) is 2.69. The van der Waals surface area contributed by atoms with E-state index in [0.29, 0.717) is 16.6 Å². The molecular formula is C11H12Cl2N2. The van der Waals surface area contributed by atoms with Crippen LogP contribution in [0.3, 0.4) is 0 Å². The second-order valence-corrected chi connectivity index (χ2v) is 4.34. The molecule has 4 heteroatoms. The van der Waals surface area contributed by atoms with E-state index in [4.69, 9.17) is 28.9 Å². The van der Waals surface area contributed by atoms with Crippen molar-refractivity contribution in [3.8, 4) is 0 Å². The molecule has 2 nitrogen and oxygen atoms in total. The third-order valence-electron chi connectivity index (χ3n) is 2.62. The van der Waals surface area contributed by atoms with E-state index in [1.807, 2.05) is 12.1 Å². The molecule has 2 rings (SSSR count). The van der Waals surface area contributed by atoms with Crippen molar-refractivity contribution in [3.05, 3.63) is 33.4 Å². The zero-order chi connectivity index (χ0) is 11.0. The van der Waals surface area contributed by atoms with Gasteiger partial charge in [-0.2, -0.15) is 0 Å². The quantitative estimate of drug-likeness (QED) is 0.834. The Bertz CT molecular complexity index is 503. The molecule has 0 bridgehead atoms. The lowest BCUT2D eigenvalue weighted by Crippen LogP contribution is -2.03. The number of halogens is 2. The highest BCUT2D eigenvalue weighted by Crippen LogP contribution is 2.33. The van der Waals surface area contributed by atoms with Gasteiger partial charge in [0.15, 0.2) is 0 Å². The number of nitrogens with one attached hydrogen (secondary N) is 1. The first kappa shape index (κ1) is 10.8. The monoisotopic (exact) mass is 242 g/mol. The van der Waals surface area contributed by atoms with E-state index in [1.165, 1.54) is 5.56 Å². The molecule has 0 fully saturated rings. The van der Waals surface area contributed by atoms with Gasteiger partial charge >= 0.3 is 0 Å². The predicted molar refractivity (Wildman–Crippen MR) is 65.8 cm³/mol. The first-order valence-corrected chi connectivity index (χ1v) is 5.56. The van der Waals surface area contributed by atoms with Crippen molar-refractivity contribution in [1.82, 2.24) is 4.98 Å². The van der Waals surface area contributed by atoms with Crippen LogP contribution in [0.2, 0.25) is 10.0 Å². The molecule has 1 aromatic heterocycles. The molecule has 0 atom stereocenters. The van der Waals surface area contributed by atoms with E-state index in [1.54, 1.807) is 0 Å². The van der Waals surface area contributed by atoms with Crippen molar-refractivity contribution in [2.75, 3.05) is 6.54 Å². The van der Waals surface area contributed by atoms with Crippen LogP contribution in [0.15, 0.2) is 12.1 Å². The van der Waals surface area contributed by atoms with E-state index in [2.05, 4.69) is 11.9 Å². The molecule has 0 amide bonds. The highest BCUT2D eigenvalue weighted by molar-refractivity contribution is 6.45. The van der Waals surface area contributed by atoms with Gasteiger partial charge in [-0.3, -0.25) is 0 Å². The zero-order valence-corrected chi connectivity index (χ0v) is 9.91. The normalized spacial score (nSPS) is 11.2. The molecule has 0 saturated heterocycles. The van der Waals surface area contributed by atoms with E-state index in [9.17, 15) is 0 Å². The molecule has 0 unspecified atom stereocenters. The van der Waals surface area contributed by atoms with Crippen molar-refractivity contribution < 1.29 is 0 Å². The van der Waals surface area contributed by atoms with E-state index in [-0.39, 0.29) is 0 Å². The molecule has 0 aliphatic carbocycles. The molecule has 0 spiro atoms. The minimum atomic E-state index is 0.574. The van der Waals surface area contributed by atoms with Crippen LogP contribution in [0.4, 0.5) is 0 Å². The molecule has 2 aromatic rings. The Morgan fingerprint density at radius 3 is 2.73 bits per heavy atom. The number of nitrogens with two attached hydrogens (primary N) is 1. The Morgan fingerprint density at radius 1 is 1.33 bits per heavy atom. The molecule has 1 aromatic carbocycles. The van der Waals surface area contributed by atoms with Crippen LogP contribution in [-0.4, -0.2) is 11.5 Å². The maximum atomic E-state index is 6.12. The van der Waals surface area contributed by atoms with Crippen LogP contribution in [0.5, 0.6) is 0 Å². The lowest BCUT2D eigenvalue weighted by Gasteiger charge is -1.96. The Hall–Kier alpha value is -0.700. The van der Waals surface area contributed by atoms with Crippen LogP contribution < -0.4 is 5.73 Å². The van der Waals surface area contributed by atoms with Crippen molar-refractivity contribution in [1.29, 1.82) is 0 Å². The fraction of sp³-hybridized carbons (Fsp3) is 0.273. The predicted octanol–water partition coefficient (Wildman–Crippen LogP) is 3.28. The fourth-order valence-electron chi connectivity index (χ4n) is 1.79. The lowest BCUT2D eigenvalue weighted by atomic mass is 10.1. The summed E-state index contributed by atoms with van der Waals surface area (Å²) in [5.74, 6) is 0. The molecule has 1 heterocycles. The number of aromatic nitrogens is 1. The van der Waals surface area contributed by atoms with Crippen LogP contribution in [0, 0.1) is 6.92 Å². The van der Waals surface area contributed by atoms with Gasteiger partial charge in [-0.25, -0.2) is 0 Å². The summed E-state index contributed by atoms with van der Waals surface area (Å²) in [5, 5.41) is 2.28. The summed E-state index contributed by atoms with van der Waals surface area (Å²) in [6.07, 6.45) is 0.828. The summed E-state index contributed by atoms with van der Waals surface area (Å²) >= 11 is 12.1. The SMILES string of the molecule is Cc1c(CCN)[nH]c2c(Cl)c(Cl)ccc12. The zero-order valence-electron chi connectivity index (χ0n) is 8.40. The molecule has 0 aliphatic heterocycles.